The number of halogens is 1. The highest BCUT2D eigenvalue weighted by Crippen LogP contribution is 1.87. The van der Waals surface area contributed by atoms with Crippen LogP contribution in [0.4, 0.5) is 0 Å². The van der Waals surface area contributed by atoms with Crippen LogP contribution in [0, 0.1) is 0 Å². The van der Waals surface area contributed by atoms with Gasteiger partial charge in [-0.05, 0) is 0 Å². The average molecular weight is 239 g/mol. The molecule has 0 saturated heterocycles. The molecule has 0 fully saturated rings. The molecule has 4 nitrogen and oxygen atoms in total. The summed E-state index contributed by atoms with van der Waals surface area (Å²) >= 11 is 1.49. The Morgan fingerprint density at radius 2 is 1.71 bits per heavy atom. The highest BCUT2D eigenvalue weighted by Gasteiger charge is 1.82. The topological polar surface area (TPSA) is 93.7 Å². The zero-order chi connectivity index (χ0) is 5.21. The summed E-state index contributed by atoms with van der Waals surface area (Å²) in [5, 5.41) is 0. The number of rotatable bonds is 1. The number of alkyl halides is 1. The maximum atomic E-state index is 9.44. The van der Waals surface area contributed by atoms with Gasteiger partial charge in [0, 0.05) is 0 Å². The summed E-state index contributed by atoms with van der Waals surface area (Å²) < 4.78 is 28.0. The molecule has 0 saturated carbocycles. The molecule has 4 N–H and O–H groups in total. The van der Waals surface area contributed by atoms with E-state index in [1.165, 1.54) is 22.6 Å². The molecule has 7 heavy (non-hydrogen) atoms. The Morgan fingerprint density at radius 3 is 1.71 bits per heavy atom. The van der Waals surface area contributed by atoms with Crippen molar-refractivity contribution < 1.29 is 13.0 Å². The quantitative estimate of drug-likeness (QED) is 0.405. The second kappa shape index (κ2) is 3.58. The summed E-state index contributed by atoms with van der Waals surface area (Å²) in [6, 6.07) is 0. The summed E-state index contributed by atoms with van der Waals surface area (Å²) in [5.74, 6) is 0. The zero-order valence-electron chi connectivity index (χ0n) is 3.72. The highest BCUT2D eigenvalue weighted by molar-refractivity contribution is 14.1. The monoisotopic (exact) mass is 239 g/mol. The minimum Gasteiger partial charge on any atom is -0.747 e. The molecule has 0 heterocycles. The van der Waals surface area contributed by atoms with Gasteiger partial charge in [0.2, 0.25) is 0 Å². The third-order valence-corrected chi connectivity index (χ3v) is 2.69. The van der Waals surface area contributed by atoms with Gasteiger partial charge in [0.05, 0.1) is 3.76 Å². The van der Waals surface area contributed by atoms with Gasteiger partial charge in [0.15, 0.2) is 0 Å². The van der Waals surface area contributed by atoms with Gasteiger partial charge in [0.1, 0.15) is 10.1 Å². The molecule has 0 aromatic rings. The summed E-state index contributed by atoms with van der Waals surface area (Å²) in [4.78, 5) is 0. The van der Waals surface area contributed by atoms with Crippen LogP contribution in [0.5, 0.6) is 0 Å². The second-order valence-electron chi connectivity index (χ2n) is 0.667. The third-order valence-electron chi connectivity index (χ3n) is 0.134. The van der Waals surface area contributed by atoms with Crippen LogP contribution in [0.2, 0.25) is 0 Å². The fourth-order valence-corrected chi connectivity index (χ4v) is 0. The van der Waals surface area contributed by atoms with E-state index in [0.717, 1.165) is 0 Å². The van der Waals surface area contributed by atoms with Crippen molar-refractivity contribution in [1.29, 1.82) is 0 Å². The van der Waals surface area contributed by atoms with Crippen molar-refractivity contribution in [1.82, 2.24) is 6.15 Å². The van der Waals surface area contributed by atoms with E-state index >= 15 is 0 Å². The highest BCUT2D eigenvalue weighted by atomic mass is 127. The summed E-state index contributed by atoms with van der Waals surface area (Å²) in [6.07, 6.45) is 0. The average Bonchev–Trinajstić information content (AvgIpc) is 1.35. The van der Waals surface area contributed by atoms with Gasteiger partial charge in [-0.25, -0.2) is 8.42 Å². The fourth-order valence-electron chi connectivity index (χ4n) is 0. The van der Waals surface area contributed by atoms with E-state index in [4.69, 9.17) is 0 Å². The summed E-state index contributed by atoms with van der Waals surface area (Å²) in [5.41, 5.74) is 0. The Morgan fingerprint density at radius 1 is 1.57 bits per heavy atom. The lowest BCUT2D eigenvalue weighted by Gasteiger charge is -1.96. The van der Waals surface area contributed by atoms with Crippen LogP contribution >= 0.6 is 22.6 Å². The molecule has 0 aromatic carbocycles. The van der Waals surface area contributed by atoms with Crippen LogP contribution in [-0.2, 0) is 10.1 Å². The smallest absolute Gasteiger partial charge is 0.104 e. The van der Waals surface area contributed by atoms with E-state index in [2.05, 4.69) is 0 Å². The fraction of sp³-hybridized carbons (Fsp3) is 1.00. The van der Waals surface area contributed by atoms with E-state index in [9.17, 15) is 13.0 Å². The predicted molar refractivity (Wildman–Crippen MR) is 34.6 cm³/mol. The lowest BCUT2D eigenvalue weighted by molar-refractivity contribution is 0.469. The molecular formula is CH6INO3S. The third kappa shape index (κ3) is 10.8. The normalized spacial score (nSPS) is 10.0. The SMILES string of the molecule is O=S(=O)([O-])CI.[NH4+]. The van der Waals surface area contributed by atoms with Crippen LogP contribution in [-0.4, -0.2) is 16.7 Å². The van der Waals surface area contributed by atoms with Gasteiger partial charge in [-0.15, -0.1) is 0 Å². The van der Waals surface area contributed by atoms with Gasteiger partial charge >= 0.3 is 0 Å². The largest absolute Gasteiger partial charge is 0.747 e. The van der Waals surface area contributed by atoms with Gasteiger partial charge in [0.25, 0.3) is 0 Å². The van der Waals surface area contributed by atoms with E-state index < -0.39 is 10.1 Å². The number of hydrogen-bond donors (Lipinski definition) is 1. The molecule has 0 spiro atoms. The molecule has 0 unspecified atom stereocenters. The minimum atomic E-state index is -3.93. The van der Waals surface area contributed by atoms with E-state index in [0.29, 0.717) is 0 Å². The molecule has 0 aliphatic carbocycles. The molecule has 0 aliphatic rings. The molecule has 46 valence electrons. The van der Waals surface area contributed by atoms with Crippen molar-refractivity contribution in [2.24, 2.45) is 0 Å². The van der Waals surface area contributed by atoms with Gasteiger partial charge in [-0.1, -0.05) is 22.6 Å². The molecule has 0 amide bonds. The van der Waals surface area contributed by atoms with Crippen molar-refractivity contribution in [3.8, 4) is 0 Å². The molecule has 6 heteroatoms. The first kappa shape index (κ1) is 10.6. The van der Waals surface area contributed by atoms with Crippen LogP contribution in [0.15, 0.2) is 0 Å². The molecule has 0 rings (SSSR count). The molecule has 0 aromatic heterocycles. The minimum absolute atomic E-state index is 0. The van der Waals surface area contributed by atoms with Crippen LogP contribution in [0.1, 0.15) is 0 Å². The first-order chi connectivity index (χ1) is 2.56. The van der Waals surface area contributed by atoms with Crippen molar-refractivity contribution >= 4 is 32.7 Å². The maximum absolute atomic E-state index is 9.44. The first-order valence-electron chi connectivity index (χ1n) is 1.06. The Bertz CT molecular complexity index is 117. The van der Waals surface area contributed by atoms with Crippen molar-refractivity contribution in [3.63, 3.8) is 0 Å². The van der Waals surface area contributed by atoms with Gasteiger partial charge < -0.3 is 10.7 Å². The van der Waals surface area contributed by atoms with Crippen molar-refractivity contribution in [2.75, 3.05) is 3.76 Å². The summed E-state index contributed by atoms with van der Waals surface area (Å²) in [7, 11) is -3.93. The van der Waals surface area contributed by atoms with Crippen molar-refractivity contribution in [3.05, 3.63) is 0 Å². The Hall–Kier alpha value is 0.600. The lowest BCUT2D eigenvalue weighted by atomic mass is 12.0. The predicted octanol–water partition coefficient (Wildman–Crippen LogP) is 0.300. The Balaban J connectivity index is 0. The van der Waals surface area contributed by atoms with Crippen LogP contribution in [0.3, 0.4) is 0 Å². The lowest BCUT2D eigenvalue weighted by Crippen LogP contribution is -1.95. The van der Waals surface area contributed by atoms with Gasteiger partial charge in [-0.3, -0.25) is 0 Å². The van der Waals surface area contributed by atoms with Gasteiger partial charge in [-0.2, -0.15) is 0 Å². The Labute approximate surface area is 55.8 Å². The molecule has 0 bridgehead atoms. The van der Waals surface area contributed by atoms with Crippen LogP contribution in [0.25, 0.3) is 0 Å². The molecule has 0 aliphatic heterocycles. The molecular weight excluding hydrogens is 233 g/mol. The van der Waals surface area contributed by atoms with E-state index in [1.54, 1.807) is 0 Å². The van der Waals surface area contributed by atoms with Crippen LogP contribution < -0.4 is 6.15 Å². The zero-order valence-corrected chi connectivity index (χ0v) is 6.69. The number of hydrogen-bond acceptors (Lipinski definition) is 3. The Kier molecular flexibility index (Phi) is 5.40. The summed E-state index contributed by atoms with van der Waals surface area (Å²) in [6.45, 7) is 0. The standard InChI is InChI=1S/CH3IO3S.H3N/c2-1-6(3,4)5;/h1H2,(H,3,4,5);1H3. The van der Waals surface area contributed by atoms with E-state index in [1.807, 2.05) is 0 Å². The molecule has 0 atom stereocenters. The van der Waals surface area contributed by atoms with Crippen molar-refractivity contribution in [2.45, 2.75) is 0 Å². The first-order valence-corrected chi connectivity index (χ1v) is 4.16. The second-order valence-corrected chi connectivity index (χ2v) is 3.87. The number of quaternary nitrogens is 1. The van der Waals surface area contributed by atoms with E-state index in [-0.39, 0.29) is 9.91 Å². The maximum Gasteiger partial charge on any atom is 0.104 e. The molecule has 0 radical (unpaired) electrons.